The number of unbranched alkanes of at least 4 members (excludes halogenated alkanes) is 19. The SMILES string of the molecule is CCCCCC/C=C/CCCCCCCCCCCCCCCCCC(CC(=O)OCCC)C(=O)O. The molecule has 0 aromatic carbocycles. The van der Waals surface area contributed by atoms with Crippen LogP contribution < -0.4 is 0 Å². The molecule has 0 saturated carbocycles. The second kappa shape index (κ2) is 28.3. The summed E-state index contributed by atoms with van der Waals surface area (Å²) in [5.74, 6) is -1.85. The van der Waals surface area contributed by atoms with Crippen molar-refractivity contribution in [3.63, 3.8) is 0 Å². The Labute approximate surface area is 224 Å². The predicted octanol–water partition coefficient (Wildman–Crippen LogP) is 10.2. The van der Waals surface area contributed by atoms with E-state index in [1.54, 1.807) is 0 Å². The van der Waals surface area contributed by atoms with Gasteiger partial charge in [0.2, 0.25) is 0 Å². The highest BCUT2D eigenvalue weighted by molar-refractivity contribution is 5.78. The summed E-state index contributed by atoms with van der Waals surface area (Å²) in [5.41, 5.74) is 0. The number of aliphatic carboxylic acids is 1. The van der Waals surface area contributed by atoms with Crippen LogP contribution in [0.25, 0.3) is 0 Å². The molecule has 4 heteroatoms. The first kappa shape index (κ1) is 34.7. The molecule has 0 spiro atoms. The highest BCUT2D eigenvalue weighted by Gasteiger charge is 2.21. The molecule has 0 aliphatic heterocycles. The summed E-state index contributed by atoms with van der Waals surface area (Å²) in [6.45, 7) is 4.58. The van der Waals surface area contributed by atoms with E-state index < -0.39 is 11.9 Å². The summed E-state index contributed by atoms with van der Waals surface area (Å²) >= 11 is 0. The van der Waals surface area contributed by atoms with Crippen LogP contribution in [-0.4, -0.2) is 23.7 Å². The van der Waals surface area contributed by atoms with Gasteiger partial charge in [-0.2, -0.15) is 0 Å². The number of ether oxygens (including phenoxy) is 1. The molecule has 0 saturated heterocycles. The monoisotopic (exact) mass is 508 g/mol. The van der Waals surface area contributed by atoms with Gasteiger partial charge in [-0.1, -0.05) is 135 Å². The molecule has 212 valence electrons. The van der Waals surface area contributed by atoms with Gasteiger partial charge >= 0.3 is 11.9 Å². The van der Waals surface area contributed by atoms with Crippen LogP contribution in [-0.2, 0) is 14.3 Å². The van der Waals surface area contributed by atoms with Crippen LogP contribution >= 0.6 is 0 Å². The fourth-order valence-electron chi connectivity index (χ4n) is 4.66. The minimum Gasteiger partial charge on any atom is -0.481 e. The van der Waals surface area contributed by atoms with Gasteiger partial charge in [0.1, 0.15) is 0 Å². The molecule has 0 amide bonds. The van der Waals surface area contributed by atoms with Gasteiger partial charge in [-0.3, -0.25) is 9.59 Å². The third kappa shape index (κ3) is 25.8. The van der Waals surface area contributed by atoms with Gasteiger partial charge in [-0.15, -0.1) is 0 Å². The minimum absolute atomic E-state index is 0.00619. The van der Waals surface area contributed by atoms with Crippen LogP contribution in [0, 0.1) is 5.92 Å². The standard InChI is InChI=1S/C32H60O4/c1-3-5-6-7-8-9-10-11-12-13-14-15-16-17-18-19-20-21-22-23-24-25-26-27-30(32(34)35)29-31(33)36-28-4-2/h9-10,30H,3-8,11-29H2,1-2H3,(H,34,35)/b10-9+. The average Bonchev–Trinajstić information content (AvgIpc) is 2.87. The Balaban J connectivity index is 3.34. The highest BCUT2D eigenvalue weighted by atomic mass is 16.5. The Morgan fingerprint density at radius 3 is 1.44 bits per heavy atom. The lowest BCUT2D eigenvalue weighted by Crippen LogP contribution is -2.19. The van der Waals surface area contributed by atoms with E-state index in [1.807, 2.05) is 6.92 Å². The van der Waals surface area contributed by atoms with Gasteiger partial charge in [0.05, 0.1) is 18.9 Å². The van der Waals surface area contributed by atoms with Crippen molar-refractivity contribution in [2.45, 2.75) is 168 Å². The fourth-order valence-corrected chi connectivity index (χ4v) is 4.66. The van der Waals surface area contributed by atoms with E-state index in [-0.39, 0.29) is 12.4 Å². The Bertz CT molecular complexity index is 514. The zero-order valence-corrected chi connectivity index (χ0v) is 24.1. The maximum absolute atomic E-state index is 11.7. The van der Waals surface area contributed by atoms with E-state index in [9.17, 15) is 14.7 Å². The van der Waals surface area contributed by atoms with Crippen molar-refractivity contribution in [1.82, 2.24) is 0 Å². The van der Waals surface area contributed by atoms with E-state index in [2.05, 4.69) is 19.1 Å². The van der Waals surface area contributed by atoms with Crippen molar-refractivity contribution in [1.29, 1.82) is 0 Å². The van der Waals surface area contributed by atoms with Gasteiger partial charge in [-0.25, -0.2) is 0 Å². The van der Waals surface area contributed by atoms with Crippen LogP contribution in [0.3, 0.4) is 0 Å². The summed E-state index contributed by atoms with van der Waals surface area (Å²) in [5, 5.41) is 9.32. The lowest BCUT2D eigenvalue weighted by atomic mass is 9.97. The zero-order valence-electron chi connectivity index (χ0n) is 24.1. The molecule has 0 radical (unpaired) electrons. The lowest BCUT2D eigenvalue weighted by molar-refractivity contribution is -0.151. The lowest BCUT2D eigenvalue weighted by Gasteiger charge is -2.11. The summed E-state index contributed by atoms with van der Waals surface area (Å²) in [6.07, 6.45) is 33.6. The zero-order chi connectivity index (χ0) is 26.5. The Hall–Kier alpha value is -1.32. The van der Waals surface area contributed by atoms with Gasteiger partial charge < -0.3 is 9.84 Å². The minimum atomic E-state index is -0.875. The molecule has 36 heavy (non-hydrogen) atoms. The number of allylic oxidation sites excluding steroid dienone is 2. The van der Waals surface area contributed by atoms with Crippen molar-refractivity contribution >= 4 is 11.9 Å². The number of carboxylic acid groups (broad SMARTS) is 1. The van der Waals surface area contributed by atoms with Gasteiger partial charge in [0, 0.05) is 0 Å². The number of esters is 1. The molecular weight excluding hydrogens is 448 g/mol. The molecule has 1 N–H and O–H groups in total. The van der Waals surface area contributed by atoms with Crippen LogP contribution in [0.4, 0.5) is 0 Å². The number of rotatable bonds is 28. The first-order valence-corrected chi connectivity index (χ1v) is 15.6. The van der Waals surface area contributed by atoms with Crippen LogP contribution in [0.15, 0.2) is 12.2 Å². The number of hydrogen-bond acceptors (Lipinski definition) is 3. The van der Waals surface area contributed by atoms with Crippen molar-refractivity contribution < 1.29 is 19.4 Å². The fraction of sp³-hybridized carbons (Fsp3) is 0.875. The average molecular weight is 509 g/mol. The first-order chi connectivity index (χ1) is 17.6. The number of carboxylic acids is 1. The molecule has 1 atom stereocenters. The second-order valence-corrected chi connectivity index (χ2v) is 10.7. The number of hydrogen-bond donors (Lipinski definition) is 1. The molecule has 0 aromatic rings. The van der Waals surface area contributed by atoms with Crippen LogP contribution in [0.1, 0.15) is 168 Å². The van der Waals surface area contributed by atoms with E-state index in [1.165, 1.54) is 122 Å². The van der Waals surface area contributed by atoms with Crippen LogP contribution in [0.2, 0.25) is 0 Å². The van der Waals surface area contributed by atoms with Crippen molar-refractivity contribution in [3.05, 3.63) is 12.2 Å². The Morgan fingerprint density at radius 2 is 1.03 bits per heavy atom. The molecule has 0 heterocycles. The molecule has 0 bridgehead atoms. The number of carbonyl (C=O) groups excluding carboxylic acids is 1. The molecule has 0 aliphatic rings. The van der Waals surface area contributed by atoms with Crippen LogP contribution in [0.5, 0.6) is 0 Å². The van der Waals surface area contributed by atoms with Crippen molar-refractivity contribution in [3.8, 4) is 0 Å². The predicted molar refractivity (Wildman–Crippen MR) is 153 cm³/mol. The van der Waals surface area contributed by atoms with E-state index in [4.69, 9.17) is 4.74 Å². The summed E-state index contributed by atoms with van der Waals surface area (Å²) in [4.78, 5) is 23.0. The molecule has 0 aromatic heterocycles. The smallest absolute Gasteiger partial charge is 0.307 e. The third-order valence-electron chi connectivity index (χ3n) is 7.04. The normalized spacial score (nSPS) is 12.3. The second-order valence-electron chi connectivity index (χ2n) is 10.7. The van der Waals surface area contributed by atoms with Crippen molar-refractivity contribution in [2.24, 2.45) is 5.92 Å². The molecule has 0 aliphatic carbocycles. The summed E-state index contributed by atoms with van der Waals surface area (Å²) < 4.78 is 5.02. The van der Waals surface area contributed by atoms with E-state index in [0.29, 0.717) is 13.0 Å². The Kier molecular flexibility index (Phi) is 27.2. The maximum Gasteiger partial charge on any atom is 0.307 e. The van der Waals surface area contributed by atoms with E-state index in [0.717, 1.165) is 19.3 Å². The van der Waals surface area contributed by atoms with Crippen molar-refractivity contribution in [2.75, 3.05) is 6.61 Å². The van der Waals surface area contributed by atoms with E-state index >= 15 is 0 Å². The molecule has 0 rings (SSSR count). The first-order valence-electron chi connectivity index (χ1n) is 15.6. The number of carbonyl (C=O) groups is 2. The highest BCUT2D eigenvalue weighted by Crippen LogP contribution is 2.18. The largest absolute Gasteiger partial charge is 0.481 e. The quantitative estimate of drug-likeness (QED) is 0.0648. The molecule has 4 nitrogen and oxygen atoms in total. The Morgan fingerprint density at radius 1 is 0.611 bits per heavy atom. The summed E-state index contributed by atoms with van der Waals surface area (Å²) in [6, 6.07) is 0. The maximum atomic E-state index is 11.7. The molecule has 1 unspecified atom stereocenters. The van der Waals surface area contributed by atoms with Gasteiger partial charge in [0.25, 0.3) is 0 Å². The summed E-state index contributed by atoms with van der Waals surface area (Å²) in [7, 11) is 0. The topological polar surface area (TPSA) is 63.6 Å². The third-order valence-corrected chi connectivity index (χ3v) is 7.04. The molecule has 0 fully saturated rings. The van der Waals surface area contributed by atoms with Gasteiger partial charge in [0.15, 0.2) is 0 Å². The molecular formula is C32H60O4. The van der Waals surface area contributed by atoms with Gasteiger partial charge in [-0.05, 0) is 38.5 Å².